The van der Waals surface area contributed by atoms with Crippen LogP contribution in [-0.4, -0.2) is 82.9 Å². The van der Waals surface area contributed by atoms with Gasteiger partial charge in [-0.3, -0.25) is 4.90 Å². The number of amides is 2. The highest BCUT2D eigenvalue weighted by Gasteiger charge is 2.31. The van der Waals surface area contributed by atoms with Gasteiger partial charge in [0.25, 0.3) is 0 Å². The molecule has 0 aromatic rings. The van der Waals surface area contributed by atoms with Crippen molar-refractivity contribution >= 4 is 12.2 Å². The minimum absolute atomic E-state index is 0.235. The standard InChI is InChI=1S/C15H27N3O4/c1-15(2,3)22-14(21)18-6-4-12(5-7-18)16-8-10-17(11-9-16)13(19)20/h12H,4-11H2,1-3H3,(H,19,20). The summed E-state index contributed by atoms with van der Waals surface area (Å²) in [5, 5.41) is 8.97. The number of carbonyl (C=O) groups excluding carboxylic acids is 1. The lowest BCUT2D eigenvalue weighted by atomic mass is 10.0. The summed E-state index contributed by atoms with van der Waals surface area (Å²) in [5.74, 6) is 0. The first kappa shape index (κ1) is 16.9. The van der Waals surface area contributed by atoms with Crippen LogP contribution in [0.25, 0.3) is 0 Å². The van der Waals surface area contributed by atoms with Crippen LogP contribution in [0.2, 0.25) is 0 Å². The lowest BCUT2D eigenvalue weighted by Gasteiger charge is -2.42. The first-order valence-corrected chi connectivity index (χ1v) is 7.96. The van der Waals surface area contributed by atoms with Gasteiger partial charge in [0.2, 0.25) is 0 Å². The molecule has 126 valence electrons. The molecule has 0 saturated carbocycles. The summed E-state index contributed by atoms with van der Waals surface area (Å²) in [6.45, 7) is 9.74. The molecule has 0 aliphatic carbocycles. The van der Waals surface area contributed by atoms with Gasteiger partial charge in [-0.15, -0.1) is 0 Å². The molecule has 0 spiro atoms. The highest BCUT2D eigenvalue weighted by Crippen LogP contribution is 2.20. The number of hydrogen-bond donors (Lipinski definition) is 1. The van der Waals surface area contributed by atoms with Crippen LogP contribution in [0.15, 0.2) is 0 Å². The molecule has 0 radical (unpaired) electrons. The fourth-order valence-electron chi connectivity index (χ4n) is 3.02. The average Bonchev–Trinajstić information content (AvgIpc) is 2.46. The van der Waals surface area contributed by atoms with Crippen LogP contribution in [0.3, 0.4) is 0 Å². The van der Waals surface area contributed by atoms with E-state index in [-0.39, 0.29) is 6.09 Å². The minimum atomic E-state index is -0.834. The quantitative estimate of drug-likeness (QED) is 0.797. The molecule has 2 saturated heterocycles. The molecule has 2 rings (SSSR count). The predicted octanol–water partition coefficient (Wildman–Crippen LogP) is 1.68. The first-order chi connectivity index (χ1) is 10.3. The first-order valence-electron chi connectivity index (χ1n) is 7.96. The maximum Gasteiger partial charge on any atom is 0.410 e. The van der Waals surface area contributed by atoms with E-state index in [1.807, 2.05) is 20.8 Å². The molecule has 7 heteroatoms. The van der Waals surface area contributed by atoms with Gasteiger partial charge in [-0.1, -0.05) is 0 Å². The molecule has 2 heterocycles. The van der Waals surface area contributed by atoms with Crippen LogP contribution < -0.4 is 0 Å². The summed E-state index contributed by atoms with van der Waals surface area (Å²) >= 11 is 0. The second-order valence-corrected chi connectivity index (χ2v) is 7.00. The third-order valence-electron chi connectivity index (χ3n) is 4.22. The normalized spacial score (nSPS) is 21.8. The zero-order valence-electron chi connectivity index (χ0n) is 13.7. The van der Waals surface area contributed by atoms with Crippen LogP contribution in [-0.2, 0) is 4.74 Å². The number of nitrogens with zero attached hydrogens (tertiary/aromatic N) is 3. The van der Waals surface area contributed by atoms with Crippen LogP contribution in [0.5, 0.6) is 0 Å². The third-order valence-corrected chi connectivity index (χ3v) is 4.22. The Hall–Kier alpha value is -1.50. The lowest BCUT2D eigenvalue weighted by molar-refractivity contribution is 0.0102. The number of ether oxygens (including phenoxy) is 1. The Kier molecular flexibility index (Phi) is 5.16. The largest absolute Gasteiger partial charge is 0.465 e. The van der Waals surface area contributed by atoms with E-state index in [0.29, 0.717) is 32.2 Å². The summed E-state index contributed by atoms with van der Waals surface area (Å²) in [5.41, 5.74) is -0.457. The van der Waals surface area contributed by atoms with E-state index in [1.165, 1.54) is 4.90 Å². The molecular weight excluding hydrogens is 286 g/mol. The van der Waals surface area contributed by atoms with Gasteiger partial charge >= 0.3 is 12.2 Å². The van der Waals surface area contributed by atoms with Crippen LogP contribution in [0.1, 0.15) is 33.6 Å². The van der Waals surface area contributed by atoms with Gasteiger partial charge in [-0.05, 0) is 33.6 Å². The molecule has 2 aliphatic heterocycles. The van der Waals surface area contributed by atoms with Gasteiger partial charge in [-0.25, -0.2) is 9.59 Å². The van der Waals surface area contributed by atoms with E-state index >= 15 is 0 Å². The van der Waals surface area contributed by atoms with Crippen molar-refractivity contribution in [2.75, 3.05) is 39.3 Å². The van der Waals surface area contributed by atoms with Crippen molar-refractivity contribution in [3.63, 3.8) is 0 Å². The number of piperazine rings is 1. The third kappa shape index (κ3) is 4.50. The second-order valence-electron chi connectivity index (χ2n) is 7.00. The van der Waals surface area contributed by atoms with Crippen LogP contribution >= 0.6 is 0 Å². The Morgan fingerprint density at radius 1 is 0.955 bits per heavy atom. The molecule has 2 aliphatic rings. The Morgan fingerprint density at radius 2 is 1.50 bits per heavy atom. The number of carboxylic acid groups (broad SMARTS) is 1. The summed E-state index contributed by atoms with van der Waals surface area (Å²) in [4.78, 5) is 28.5. The Labute approximate surface area is 131 Å². The van der Waals surface area contributed by atoms with Gasteiger partial charge in [0.05, 0.1) is 0 Å². The fraction of sp³-hybridized carbons (Fsp3) is 0.867. The molecule has 1 N–H and O–H groups in total. The zero-order valence-corrected chi connectivity index (χ0v) is 13.7. The lowest BCUT2D eigenvalue weighted by Crippen LogP contribution is -2.54. The van der Waals surface area contributed by atoms with Crippen LogP contribution in [0, 0.1) is 0 Å². The van der Waals surface area contributed by atoms with Gasteiger partial charge in [0.15, 0.2) is 0 Å². The van der Waals surface area contributed by atoms with Crippen molar-refractivity contribution in [1.29, 1.82) is 0 Å². The van der Waals surface area contributed by atoms with E-state index in [2.05, 4.69) is 4.90 Å². The molecule has 0 aromatic carbocycles. The molecule has 7 nitrogen and oxygen atoms in total. The van der Waals surface area contributed by atoms with E-state index in [4.69, 9.17) is 9.84 Å². The minimum Gasteiger partial charge on any atom is -0.465 e. The molecule has 0 atom stereocenters. The SMILES string of the molecule is CC(C)(C)OC(=O)N1CCC(N2CCN(C(=O)O)CC2)CC1. The summed E-state index contributed by atoms with van der Waals surface area (Å²) in [6, 6.07) is 0.439. The van der Waals surface area contributed by atoms with Crippen molar-refractivity contribution in [2.45, 2.75) is 45.3 Å². The number of likely N-dealkylation sites (tertiary alicyclic amines) is 1. The molecule has 0 aromatic heterocycles. The van der Waals surface area contributed by atoms with Gasteiger partial charge in [0, 0.05) is 45.3 Å². The van der Waals surface area contributed by atoms with Crippen molar-refractivity contribution in [3.8, 4) is 0 Å². The number of piperidine rings is 1. The van der Waals surface area contributed by atoms with E-state index in [1.54, 1.807) is 4.90 Å². The Bertz CT molecular complexity index is 406. The molecule has 0 unspecified atom stereocenters. The summed E-state index contributed by atoms with van der Waals surface area (Å²) in [6.07, 6.45) is 0.777. The highest BCUT2D eigenvalue weighted by molar-refractivity contribution is 5.68. The number of rotatable bonds is 1. The zero-order chi connectivity index (χ0) is 16.3. The molecule has 0 bridgehead atoms. The maximum atomic E-state index is 12.0. The topological polar surface area (TPSA) is 73.3 Å². The van der Waals surface area contributed by atoms with Crippen molar-refractivity contribution < 1.29 is 19.4 Å². The molecular formula is C15H27N3O4. The van der Waals surface area contributed by atoms with Crippen molar-refractivity contribution in [2.24, 2.45) is 0 Å². The fourth-order valence-corrected chi connectivity index (χ4v) is 3.02. The van der Waals surface area contributed by atoms with Gasteiger partial charge in [-0.2, -0.15) is 0 Å². The number of carbonyl (C=O) groups is 2. The van der Waals surface area contributed by atoms with Crippen molar-refractivity contribution in [3.05, 3.63) is 0 Å². The van der Waals surface area contributed by atoms with Gasteiger partial charge < -0.3 is 19.6 Å². The average molecular weight is 313 g/mol. The molecule has 2 fully saturated rings. The van der Waals surface area contributed by atoms with Gasteiger partial charge in [0.1, 0.15) is 5.60 Å². The number of hydrogen-bond acceptors (Lipinski definition) is 4. The van der Waals surface area contributed by atoms with E-state index in [0.717, 1.165) is 25.9 Å². The highest BCUT2D eigenvalue weighted by atomic mass is 16.6. The summed E-state index contributed by atoms with van der Waals surface area (Å²) in [7, 11) is 0. The van der Waals surface area contributed by atoms with Crippen LogP contribution in [0.4, 0.5) is 9.59 Å². The molecule has 22 heavy (non-hydrogen) atoms. The van der Waals surface area contributed by atoms with Crippen molar-refractivity contribution in [1.82, 2.24) is 14.7 Å². The smallest absolute Gasteiger partial charge is 0.410 e. The molecule has 2 amide bonds. The Morgan fingerprint density at radius 3 is 1.95 bits per heavy atom. The Balaban J connectivity index is 1.76. The maximum absolute atomic E-state index is 12.0. The summed E-state index contributed by atoms with van der Waals surface area (Å²) < 4.78 is 5.40. The second kappa shape index (κ2) is 6.73. The van der Waals surface area contributed by atoms with E-state index in [9.17, 15) is 9.59 Å². The monoisotopic (exact) mass is 313 g/mol. The predicted molar refractivity (Wildman–Crippen MR) is 82.0 cm³/mol. The van der Waals surface area contributed by atoms with E-state index < -0.39 is 11.7 Å².